The van der Waals surface area contributed by atoms with Crippen LogP contribution in [-0.4, -0.2) is 201 Å². The van der Waals surface area contributed by atoms with Crippen LogP contribution in [0.5, 0.6) is 0 Å². The Kier molecular flexibility index (Phi) is 17.5. The van der Waals surface area contributed by atoms with Gasteiger partial charge in [0.25, 0.3) is 0 Å². The summed E-state index contributed by atoms with van der Waals surface area (Å²) in [4.78, 5) is 13.6. The fraction of sp³-hybridized carbons (Fsp3) is 0.960. The molecule has 0 fully saturated rings. The van der Waals surface area contributed by atoms with E-state index in [0.717, 1.165) is 13.8 Å². The minimum Gasteiger partial charge on any atom is -0.427 e. The Morgan fingerprint density at radius 1 is 0.455 bits per heavy atom. The van der Waals surface area contributed by atoms with E-state index in [0.29, 0.717) is 0 Å². The summed E-state index contributed by atoms with van der Waals surface area (Å²) in [6.45, 7) is -8.30. The second-order valence-electron chi connectivity index (χ2n) is 11.1. The van der Waals surface area contributed by atoms with Gasteiger partial charge in [-0.15, -0.1) is 0 Å². The van der Waals surface area contributed by atoms with Crippen molar-refractivity contribution in [3.63, 3.8) is 0 Å². The van der Waals surface area contributed by atoms with Crippen LogP contribution in [0, 0.1) is 10.8 Å². The molecule has 44 heavy (non-hydrogen) atoms. The molecular weight excluding hydrogens is 604 g/mol. The van der Waals surface area contributed by atoms with Crippen LogP contribution in [0.3, 0.4) is 0 Å². The first kappa shape index (κ1) is 42.6. The van der Waals surface area contributed by atoms with E-state index >= 15 is 0 Å². The molecule has 0 aliphatic rings. The van der Waals surface area contributed by atoms with Crippen molar-refractivity contribution in [2.24, 2.45) is 10.8 Å². The first-order chi connectivity index (χ1) is 20.4. The number of carbonyl (C=O) groups excluding carboxylic acids is 1. The summed E-state index contributed by atoms with van der Waals surface area (Å²) in [5, 5.41) is 163. The van der Waals surface area contributed by atoms with Gasteiger partial charge >= 0.3 is 6.16 Å². The normalized spacial score (nSPS) is 23.3. The Balaban J connectivity index is 7.58. The lowest BCUT2D eigenvalue weighted by molar-refractivity contribution is -0.282. The maximum absolute atomic E-state index is 13.6. The van der Waals surface area contributed by atoms with Gasteiger partial charge in [-0.25, -0.2) is 4.79 Å². The molecular formula is C25H50O19. The van der Waals surface area contributed by atoms with Gasteiger partial charge in [0.1, 0.15) is 11.2 Å². The van der Waals surface area contributed by atoms with Gasteiger partial charge in [-0.05, 0) is 13.8 Å². The first-order valence-electron chi connectivity index (χ1n) is 13.6. The monoisotopic (exact) mass is 654 g/mol. The number of hydrogen-bond donors (Lipinski definition) is 16. The maximum Gasteiger partial charge on any atom is 0.509 e. The van der Waals surface area contributed by atoms with Crippen LogP contribution in [0.2, 0.25) is 0 Å². The zero-order chi connectivity index (χ0) is 34.7. The van der Waals surface area contributed by atoms with Gasteiger partial charge in [-0.3, -0.25) is 0 Å². The van der Waals surface area contributed by atoms with Gasteiger partial charge in [0, 0.05) is 12.8 Å². The van der Waals surface area contributed by atoms with E-state index in [9.17, 15) is 86.5 Å². The molecule has 10 atom stereocenters. The fourth-order valence-electron chi connectivity index (χ4n) is 6.38. The summed E-state index contributed by atoms with van der Waals surface area (Å²) in [5.74, 6) is 0. The predicted molar refractivity (Wildman–Crippen MR) is 143 cm³/mol. The van der Waals surface area contributed by atoms with Crippen LogP contribution in [0.1, 0.15) is 26.7 Å². The Hall–Kier alpha value is -1.37. The van der Waals surface area contributed by atoms with Crippen molar-refractivity contribution in [2.75, 3.05) is 52.9 Å². The molecule has 10 unspecified atom stereocenters. The minimum atomic E-state index is -2.88. The molecule has 0 aromatic carbocycles. The maximum atomic E-state index is 13.6. The number of rotatable bonds is 22. The molecule has 0 heterocycles. The SMILES string of the molecule is CC(CC(O)CO)(OC(=O)OC(C)(CC(O)CO)C(C(O)CO)(C(O)CO)C(O)CO)C(C(O)CO)(C(O)CO)C(O)CO. The first-order valence-corrected chi connectivity index (χ1v) is 13.6. The van der Waals surface area contributed by atoms with E-state index < -0.39 is 143 Å². The quantitative estimate of drug-likeness (QED) is 0.0482. The van der Waals surface area contributed by atoms with Gasteiger partial charge < -0.3 is 91.2 Å². The van der Waals surface area contributed by atoms with Crippen molar-refractivity contribution in [3.05, 3.63) is 0 Å². The third kappa shape index (κ3) is 8.12. The van der Waals surface area contributed by atoms with Gasteiger partial charge in [0.15, 0.2) is 0 Å². The largest absolute Gasteiger partial charge is 0.509 e. The molecule has 19 nitrogen and oxygen atoms in total. The summed E-state index contributed by atoms with van der Waals surface area (Å²) in [7, 11) is 0. The number of carbonyl (C=O) groups is 1. The zero-order valence-corrected chi connectivity index (χ0v) is 24.6. The molecule has 0 bridgehead atoms. The van der Waals surface area contributed by atoms with Crippen LogP contribution in [0.4, 0.5) is 4.79 Å². The highest BCUT2D eigenvalue weighted by Crippen LogP contribution is 2.50. The minimum absolute atomic E-state index is 0.838. The molecule has 0 saturated carbocycles. The molecule has 0 rings (SSSR count). The highest BCUT2D eigenvalue weighted by Gasteiger charge is 2.67. The zero-order valence-electron chi connectivity index (χ0n) is 24.6. The van der Waals surface area contributed by atoms with Crippen LogP contribution < -0.4 is 0 Å². The van der Waals surface area contributed by atoms with Crippen molar-refractivity contribution in [3.8, 4) is 0 Å². The standard InChI is InChI=1S/C25H50O19/c1-22(3-13(34)5-26,24(15(36)7-28,16(37)8-29)17(38)9-30)43-21(42)44-23(2,4-14(35)6-27)25(18(39)10-31,19(40)11-32)20(41)12-33/h13-20,26-41H,3-12H2,1-2H3. The second-order valence-corrected chi connectivity index (χ2v) is 11.1. The van der Waals surface area contributed by atoms with Crippen LogP contribution in [-0.2, 0) is 9.47 Å². The van der Waals surface area contributed by atoms with Gasteiger partial charge in [0.05, 0.1) is 113 Å². The Morgan fingerprint density at radius 3 is 0.818 bits per heavy atom. The van der Waals surface area contributed by atoms with Crippen LogP contribution in [0.25, 0.3) is 0 Å². The van der Waals surface area contributed by atoms with Crippen molar-refractivity contribution >= 4 is 6.16 Å². The summed E-state index contributed by atoms with van der Waals surface area (Å²) in [6, 6.07) is 0. The Bertz CT molecular complexity index is 716. The van der Waals surface area contributed by atoms with Crippen molar-refractivity contribution in [1.82, 2.24) is 0 Å². The topological polar surface area (TPSA) is 359 Å². The fourth-order valence-corrected chi connectivity index (χ4v) is 6.38. The second kappa shape index (κ2) is 18.1. The van der Waals surface area contributed by atoms with Crippen molar-refractivity contribution in [1.29, 1.82) is 0 Å². The average Bonchev–Trinajstić information content (AvgIpc) is 2.99. The number of aliphatic hydroxyl groups is 16. The molecule has 16 N–H and O–H groups in total. The summed E-state index contributed by atoms with van der Waals surface area (Å²) < 4.78 is 10.7. The summed E-state index contributed by atoms with van der Waals surface area (Å²) >= 11 is 0. The molecule has 19 heteroatoms. The lowest BCUT2D eigenvalue weighted by Crippen LogP contribution is -2.71. The van der Waals surface area contributed by atoms with E-state index in [1.807, 2.05) is 0 Å². The van der Waals surface area contributed by atoms with Gasteiger partial charge in [-0.2, -0.15) is 0 Å². The van der Waals surface area contributed by atoms with Crippen LogP contribution in [0.15, 0.2) is 0 Å². The van der Waals surface area contributed by atoms with E-state index in [4.69, 9.17) is 9.47 Å². The Labute approximate surface area is 253 Å². The highest BCUT2D eigenvalue weighted by molar-refractivity contribution is 5.62. The molecule has 0 amide bonds. The van der Waals surface area contributed by atoms with E-state index in [1.54, 1.807) is 0 Å². The lowest BCUT2D eigenvalue weighted by Gasteiger charge is -2.56. The van der Waals surface area contributed by atoms with E-state index in [2.05, 4.69) is 0 Å². The number of ether oxygens (including phenoxy) is 2. The molecule has 0 spiro atoms. The number of aliphatic hydroxyl groups excluding tert-OH is 16. The third-order valence-corrected chi connectivity index (χ3v) is 8.47. The van der Waals surface area contributed by atoms with E-state index in [1.165, 1.54) is 0 Å². The molecule has 264 valence electrons. The predicted octanol–water partition coefficient (Wildman–Crippen LogP) is -7.76. The lowest BCUT2D eigenvalue weighted by atomic mass is 9.59. The highest BCUT2D eigenvalue weighted by atomic mass is 16.7. The van der Waals surface area contributed by atoms with Crippen LogP contribution >= 0.6 is 0 Å². The average molecular weight is 655 g/mol. The third-order valence-electron chi connectivity index (χ3n) is 8.47. The summed E-state index contributed by atoms with van der Waals surface area (Å²) in [6.07, 6.45) is -21.8. The molecule has 0 aliphatic carbocycles. The van der Waals surface area contributed by atoms with Crippen molar-refractivity contribution < 1.29 is 96.0 Å². The van der Waals surface area contributed by atoms with Gasteiger partial charge in [-0.1, -0.05) is 0 Å². The molecule has 0 radical (unpaired) electrons. The molecule has 0 aliphatic heterocycles. The Morgan fingerprint density at radius 2 is 0.659 bits per heavy atom. The summed E-state index contributed by atoms with van der Waals surface area (Å²) in [5.41, 5.74) is -11.2. The van der Waals surface area contributed by atoms with Gasteiger partial charge in [0.2, 0.25) is 0 Å². The number of hydrogen-bond acceptors (Lipinski definition) is 19. The molecule has 0 aromatic heterocycles. The smallest absolute Gasteiger partial charge is 0.427 e. The molecule has 0 saturated heterocycles. The molecule has 0 aromatic rings. The van der Waals surface area contributed by atoms with E-state index in [-0.39, 0.29) is 0 Å². The van der Waals surface area contributed by atoms with Crippen molar-refractivity contribution in [2.45, 2.75) is 86.7 Å².